The van der Waals surface area contributed by atoms with Crippen LogP contribution in [0.25, 0.3) is 0 Å². The zero-order chi connectivity index (χ0) is 15.4. The van der Waals surface area contributed by atoms with Gasteiger partial charge in [0.05, 0.1) is 5.69 Å². The van der Waals surface area contributed by atoms with Crippen molar-refractivity contribution in [3.63, 3.8) is 0 Å². The van der Waals surface area contributed by atoms with Crippen LogP contribution in [0.2, 0.25) is 0 Å². The summed E-state index contributed by atoms with van der Waals surface area (Å²) in [6.07, 6.45) is 0. The smallest absolute Gasteiger partial charge is 0.272 e. The molecule has 1 aromatic heterocycles. The van der Waals surface area contributed by atoms with Crippen LogP contribution in [0, 0.1) is 25.7 Å². The van der Waals surface area contributed by atoms with Crippen LogP contribution in [0.3, 0.4) is 0 Å². The Labute approximate surface area is 124 Å². The van der Waals surface area contributed by atoms with E-state index in [1.807, 2.05) is 49.7 Å². The molecule has 0 aliphatic rings. The first-order chi connectivity index (χ1) is 10.0. The summed E-state index contributed by atoms with van der Waals surface area (Å²) >= 11 is 0. The average Bonchev–Trinajstić information content (AvgIpc) is 2.79. The highest BCUT2D eigenvalue weighted by molar-refractivity contribution is 6.04. The fourth-order valence-corrected chi connectivity index (χ4v) is 2.03. The van der Waals surface area contributed by atoms with Gasteiger partial charge in [0.25, 0.3) is 5.91 Å². The summed E-state index contributed by atoms with van der Waals surface area (Å²) in [4.78, 5) is 12.3. The molecule has 4 nitrogen and oxygen atoms in total. The number of carbonyl (C=O) groups is 1. The van der Waals surface area contributed by atoms with E-state index in [-0.39, 0.29) is 12.5 Å². The van der Waals surface area contributed by atoms with Gasteiger partial charge in [-0.25, -0.2) is 0 Å². The van der Waals surface area contributed by atoms with Crippen LogP contribution in [0.1, 0.15) is 27.3 Å². The third-order valence-electron chi connectivity index (χ3n) is 3.33. The maximum atomic E-state index is 12.3. The molecule has 0 bridgehead atoms. The lowest BCUT2D eigenvalue weighted by Crippen LogP contribution is -2.16. The minimum Gasteiger partial charge on any atom is -0.384 e. The number of carbonyl (C=O) groups excluding carboxylic acids is 1. The number of aromatic nitrogens is 1. The molecule has 1 aromatic carbocycles. The summed E-state index contributed by atoms with van der Waals surface area (Å²) < 4.78 is 1.84. The number of aliphatic hydroxyl groups is 1. The monoisotopic (exact) mass is 282 g/mol. The minimum absolute atomic E-state index is 0.179. The van der Waals surface area contributed by atoms with E-state index >= 15 is 0 Å². The van der Waals surface area contributed by atoms with Gasteiger partial charge < -0.3 is 15.0 Å². The van der Waals surface area contributed by atoms with E-state index in [1.165, 1.54) is 0 Å². The molecule has 21 heavy (non-hydrogen) atoms. The second-order valence-corrected chi connectivity index (χ2v) is 4.88. The molecule has 1 heterocycles. The number of amides is 1. The SMILES string of the molecule is Cc1ccc(NC(=O)c2ccc(C)n2C)c(C#CCO)c1. The van der Waals surface area contributed by atoms with Crippen molar-refractivity contribution in [3.05, 3.63) is 52.8 Å². The van der Waals surface area contributed by atoms with Crippen molar-refractivity contribution in [1.29, 1.82) is 0 Å². The van der Waals surface area contributed by atoms with Gasteiger partial charge in [0.2, 0.25) is 0 Å². The molecule has 0 aliphatic heterocycles. The Morgan fingerprint density at radius 1 is 1.29 bits per heavy atom. The number of hydrogen-bond donors (Lipinski definition) is 2. The summed E-state index contributed by atoms with van der Waals surface area (Å²) in [6, 6.07) is 9.31. The summed E-state index contributed by atoms with van der Waals surface area (Å²) in [5.74, 6) is 5.29. The highest BCUT2D eigenvalue weighted by Crippen LogP contribution is 2.18. The van der Waals surface area contributed by atoms with Gasteiger partial charge in [-0.3, -0.25) is 4.79 Å². The van der Waals surface area contributed by atoms with E-state index in [2.05, 4.69) is 17.2 Å². The summed E-state index contributed by atoms with van der Waals surface area (Å²) in [5.41, 5.74) is 4.00. The Balaban J connectivity index is 2.31. The molecule has 0 atom stereocenters. The lowest BCUT2D eigenvalue weighted by molar-refractivity contribution is 0.101. The van der Waals surface area contributed by atoms with Crippen LogP contribution in [0.15, 0.2) is 30.3 Å². The number of aryl methyl sites for hydroxylation is 2. The van der Waals surface area contributed by atoms with Gasteiger partial charge in [-0.1, -0.05) is 17.9 Å². The lowest BCUT2D eigenvalue weighted by atomic mass is 10.1. The van der Waals surface area contributed by atoms with Crippen LogP contribution in [-0.2, 0) is 7.05 Å². The first-order valence-electron chi connectivity index (χ1n) is 6.67. The first kappa shape index (κ1) is 14.9. The van der Waals surface area contributed by atoms with Gasteiger partial charge in [-0.05, 0) is 43.7 Å². The Kier molecular flexibility index (Phi) is 4.46. The van der Waals surface area contributed by atoms with Gasteiger partial charge >= 0.3 is 0 Å². The molecule has 0 unspecified atom stereocenters. The zero-order valence-corrected chi connectivity index (χ0v) is 12.4. The summed E-state index contributed by atoms with van der Waals surface area (Å²) in [7, 11) is 1.85. The van der Waals surface area contributed by atoms with Gasteiger partial charge in [0, 0.05) is 18.3 Å². The molecular formula is C17H18N2O2. The quantitative estimate of drug-likeness (QED) is 0.830. The summed E-state index contributed by atoms with van der Waals surface area (Å²) in [6.45, 7) is 3.69. The molecular weight excluding hydrogens is 264 g/mol. The molecule has 4 heteroatoms. The number of benzene rings is 1. The van der Waals surface area contributed by atoms with Crippen LogP contribution >= 0.6 is 0 Å². The van der Waals surface area contributed by atoms with Gasteiger partial charge in [0.1, 0.15) is 12.3 Å². The van der Waals surface area contributed by atoms with Crippen LogP contribution < -0.4 is 5.32 Å². The predicted octanol–water partition coefficient (Wildman–Crippen LogP) is 2.24. The van der Waals surface area contributed by atoms with E-state index in [9.17, 15) is 4.79 Å². The molecule has 0 aliphatic carbocycles. The normalized spacial score (nSPS) is 9.90. The number of hydrogen-bond acceptors (Lipinski definition) is 2. The minimum atomic E-state index is -0.210. The Morgan fingerprint density at radius 2 is 2.05 bits per heavy atom. The number of aliphatic hydroxyl groups excluding tert-OH is 1. The zero-order valence-electron chi connectivity index (χ0n) is 12.4. The number of nitrogens with zero attached hydrogens (tertiary/aromatic N) is 1. The summed E-state index contributed by atoms with van der Waals surface area (Å²) in [5, 5.41) is 11.7. The van der Waals surface area contributed by atoms with Crippen molar-refractivity contribution in [2.45, 2.75) is 13.8 Å². The van der Waals surface area contributed by atoms with Crippen LogP contribution in [0.4, 0.5) is 5.69 Å². The highest BCUT2D eigenvalue weighted by atomic mass is 16.2. The second-order valence-electron chi connectivity index (χ2n) is 4.88. The Morgan fingerprint density at radius 3 is 2.67 bits per heavy atom. The number of nitrogens with one attached hydrogen (secondary N) is 1. The maximum Gasteiger partial charge on any atom is 0.272 e. The van der Waals surface area contributed by atoms with Gasteiger partial charge in [-0.2, -0.15) is 0 Å². The van der Waals surface area contributed by atoms with E-state index < -0.39 is 0 Å². The van der Waals surface area contributed by atoms with E-state index in [0.717, 1.165) is 11.3 Å². The standard InChI is InChI=1S/C17H18N2O2/c1-12-6-8-15(14(11-12)5-4-10-20)18-17(21)16-9-7-13(2)19(16)3/h6-9,11,20H,10H2,1-3H3,(H,18,21). The van der Waals surface area contributed by atoms with Crippen molar-refractivity contribution in [2.24, 2.45) is 7.05 Å². The molecule has 0 spiro atoms. The molecule has 0 fully saturated rings. The first-order valence-corrected chi connectivity index (χ1v) is 6.67. The third kappa shape index (κ3) is 3.33. The largest absolute Gasteiger partial charge is 0.384 e. The van der Waals surface area contributed by atoms with Crippen LogP contribution in [-0.4, -0.2) is 22.2 Å². The lowest BCUT2D eigenvalue weighted by Gasteiger charge is -2.09. The maximum absolute atomic E-state index is 12.3. The topological polar surface area (TPSA) is 54.3 Å². The molecule has 1 amide bonds. The Hall–Kier alpha value is -2.51. The molecule has 0 radical (unpaired) electrons. The van der Waals surface area contributed by atoms with Crippen molar-refractivity contribution < 1.29 is 9.90 Å². The van der Waals surface area contributed by atoms with Crippen molar-refractivity contribution >= 4 is 11.6 Å². The molecule has 2 aromatic rings. The molecule has 0 saturated heterocycles. The van der Waals surface area contributed by atoms with Crippen molar-refractivity contribution in [3.8, 4) is 11.8 Å². The predicted molar refractivity (Wildman–Crippen MR) is 83.2 cm³/mol. The second kappa shape index (κ2) is 6.29. The number of rotatable bonds is 2. The average molecular weight is 282 g/mol. The molecule has 108 valence electrons. The fourth-order valence-electron chi connectivity index (χ4n) is 2.03. The van der Waals surface area contributed by atoms with Gasteiger partial charge in [-0.15, -0.1) is 0 Å². The Bertz CT molecular complexity index is 733. The van der Waals surface area contributed by atoms with Crippen molar-refractivity contribution in [2.75, 3.05) is 11.9 Å². The third-order valence-corrected chi connectivity index (χ3v) is 3.33. The highest BCUT2D eigenvalue weighted by Gasteiger charge is 2.12. The van der Waals surface area contributed by atoms with Gasteiger partial charge in [0.15, 0.2) is 0 Å². The number of anilines is 1. The van der Waals surface area contributed by atoms with E-state index in [4.69, 9.17) is 5.11 Å². The van der Waals surface area contributed by atoms with E-state index in [0.29, 0.717) is 16.9 Å². The molecule has 2 rings (SSSR count). The van der Waals surface area contributed by atoms with E-state index in [1.54, 1.807) is 6.07 Å². The fraction of sp³-hybridized carbons (Fsp3) is 0.235. The van der Waals surface area contributed by atoms with Crippen molar-refractivity contribution in [1.82, 2.24) is 4.57 Å². The molecule has 2 N–H and O–H groups in total. The van der Waals surface area contributed by atoms with Crippen LogP contribution in [0.5, 0.6) is 0 Å². The molecule has 0 saturated carbocycles.